The molecule has 0 amide bonds. The Bertz CT molecular complexity index is 573. The van der Waals surface area contributed by atoms with E-state index in [1.807, 2.05) is 0 Å². The van der Waals surface area contributed by atoms with E-state index in [0.29, 0.717) is 0 Å². The van der Waals surface area contributed by atoms with Crippen LogP contribution >= 0.6 is 0 Å². The molecule has 0 bridgehead atoms. The first-order valence-electron chi connectivity index (χ1n) is 12.9. The van der Waals surface area contributed by atoms with E-state index in [-0.39, 0.29) is 51.7 Å². The van der Waals surface area contributed by atoms with Crippen LogP contribution in [0.5, 0.6) is 0 Å². The van der Waals surface area contributed by atoms with Crippen molar-refractivity contribution in [2.24, 2.45) is 0 Å². The van der Waals surface area contributed by atoms with Crippen LogP contribution in [0.1, 0.15) is 67.2 Å². The summed E-state index contributed by atoms with van der Waals surface area (Å²) in [5, 5.41) is 0. The molecule has 6 nitrogen and oxygen atoms in total. The van der Waals surface area contributed by atoms with Crippen molar-refractivity contribution in [3.63, 3.8) is 0 Å². The van der Waals surface area contributed by atoms with Gasteiger partial charge in [0, 0.05) is 64.6 Å². The average Bonchev–Trinajstić information content (AvgIpc) is 2.79. The second-order valence-electron chi connectivity index (χ2n) is 8.23. The summed E-state index contributed by atoms with van der Waals surface area (Å²) in [7, 11) is -7.08. The minimum absolute atomic E-state index is 0.0725. The highest BCUT2D eigenvalue weighted by atomic mass is 28.4. The normalized spacial score (nSPS) is 14.4. The van der Waals surface area contributed by atoms with Gasteiger partial charge in [-0.3, -0.25) is 0 Å². The Morgan fingerprint density at radius 1 is 0.421 bits per heavy atom. The number of alkyl halides is 8. The van der Waals surface area contributed by atoms with Crippen molar-refractivity contribution in [2.45, 2.75) is 103 Å². The Labute approximate surface area is 222 Å². The Morgan fingerprint density at radius 3 is 0.816 bits per heavy atom. The lowest BCUT2D eigenvalue weighted by Crippen LogP contribution is -2.62. The minimum atomic E-state index is -6.34. The average molecular weight is 611 g/mol. The Hall–Kier alpha value is -0.366. The molecule has 0 unspecified atom stereocenters. The topological polar surface area (TPSA) is 55.4 Å². The van der Waals surface area contributed by atoms with Gasteiger partial charge in [0.25, 0.3) is 0 Å². The molecule has 0 radical (unpaired) electrons. The van der Waals surface area contributed by atoms with Crippen molar-refractivity contribution >= 4 is 17.6 Å². The fraction of sp³-hybridized carbons (Fsp3) is 1.00. The van der Waals surface area contributed by atoms with Gasteiger partial charge >= 0.3 is 41.3 Å². The standard InChI is InChI=1S/C22H42F8O6Si2/c1-7-31-37(32-8-2,33-9-3)17-13-15-19(23,24)21(27,28)22(29,30)20(25,26)16-14-18-38(34-10-4,35-11-5)36-12-6/h7-18H2,1-6H3. The van der Waals surface area contributed by atoms with Crippen LogP contribution in [0, 0.1) is 0 Å². The molecule has 0 N–H and O–H groups in total. The Morgan fingerprint density at radius 2 is 0.632 bits per heavy atom. The zero-order valence-corrected chi connectivity index (χ0v) is 25.0. The van der Waals surface area contributed by atoms with Crippen LogP contribution in [0.4, 0.5) is 35.1 Å². The molecule has 0 aromatic heterocycles. The van der Waals surface area contributed by atoms with E-state index < -0.39 is 67.0 Å². The van der Waals surface area contributed by atoms with Crippen molar-refractivity contribution in [2.75, 3.05) is 39.6 Å². The molecule has 0 aromatic rings. The first kappa shape index (κ1) is 37.6. The van der Waals surface area contributed by atoms with Crippen LogP contribution in [-0.4, -0.2) is 80.9 Å². The molecule has 0 atom stereocenters. The maximum atomic E-state index is 14.4. The molecule has 38 heavy (non-hydrogen) atoms. The van der Waals surface area contributed by atoms with E-state index >= 15 is 0 Å². The van der Waals surface area contributed by atoms with Crippen molar-refractivity contribution in [3.05, 3.63) is 0 Å². The van der Waals surface area contributed by atoms with Gasteiger partial charge in [0.15, 0.2) is 0 Å². The lowest BCUT2D eigenvalue weighted by Gasteiger charge is -2.37. The molecule has 0 aromatic carbocycles. The molecule has 0 saturated carbocycles. The Kier molecular flexibility index (Phi) is 16.0. The largest absolute Gasteiger partial charge is 0.500 e. The van der Waals surface area contributed by atoms with Gasteiger partial charge in [0.1, 0.15) is 0 Å². The fourth-order valence-corrected chi connectivity index (χ4v) is 9.05. The Balaban J connectivity index is 5.59. The third kappa shape index (κ3) is 9.63. The molecule has 0 aliphatic heterocycles. The summed E-state index contributed by atoms with van der Waals surface area (Å²) in [6.07, 6.45) is -5.16. The zero-order chi connectivity index (χ0) is 29.7. The predicted molar refractivity (Wildman–Crippen MR) is 129 cm³/mol. The smallest absolute Gasteiger partial charge is 0.374 e. The molecule has 0 rings (SSSR count). The molecular formula is C22H42F8O6Si2. The summed E-state index contributed by atoms with van der Waals surface area (Å²) in [4.78, 5) is 0. The highest BCUT2D eigenvalue weighted by molar-refractivity contribution is 6.61. The summed E-state index contributed by atoms with van der Waals surface area (Å²) in [5.41, 5.74) is 0. The maximum absolute atomic E-state index is 14.4. The fourth-order valence-electron chi connectivity index (χ4n) is 3.83. The van der Waals surface area contributed by atoms with Gasteiger partial charge in [-0.1, -0.05) is 0 Å². The zero-order valence-electron chi connectivity index (χ0n) is 23.0. The van der Waals surface area contributed by atoms with Crippen LogP contribution in [0.3, 0.4) is 0 Å². The number of halogens is 8. The monoisotopic (exact) mass is 610 g/mol. The highest BCUT2D eigenvalue weighted by Crippen LogP contribution is 2.55. The molecule has 0 fully saturated rings. The van der Waals surface area contributed by atoms with Gasteiger partial charge in [-0.2, -0.15) is 35.1 Å². The van der Waals surface area contributed by atoms with Gasteiger partial charge in [-0.25, -0.2) is 0 Å². The summed E-state index contributed by atoms with van der Waals surface area (Å²) in [6.45, 7) is 9.90. The highest BCUT2D eigenvalue weighted by Gasteiger charge is 2.79. The van der Waals surface area contributed by atoms with Gasteiger partial charge < -0.3 is 26.6 Å². The second kappa shape index (κ2) is 16.2. The minimum Gasteiger partial charge on any atom is -0.374 e. The number of hydrogen-bond donors (Lipinski definition) is 0. The number of hydrogen-bond acceptors (Lipinski definition) is 6. The van der Waals surface area contributed by atoms with Crippen molar-refractivity contribution in [1.29, 1.82) is 0 Å². The van der Waals surface area contributed by atoms with E-state index in [4.69, 9.17) is 26.6 Å². The summed E-state index contributed by atoms with van der Waals surface area (Å²) >= 11 is 0. The SMILES string of the molecule is CCO[Si](CCCC(F)(F)C(F)(F)C(F)(F)C(F)(F)CCC[Si](OCC)(OCC)OCC)(OCC)OCC. The van der Waals surface area contributed by atoms with Crippen LogP contribution in [0.25, 0.3) is 0 Å². The quantitative estimate of drug-likeness (QED) is 0.0902. The van der Waals surface area contributed by atoms with Crippen molar-refractivity contribution in [1.82, 2.24) is 0 Å². The van der Waals surface area contributed by atoms with Crippen LogP contribution in [0.2, 0.25) is 12.1 Å². The summed E-state index contributed by atoms with van der Waals surface area (Å²) in [6, 6.07) is -0.760. The lowest BCUT2D eigenvalue weighted by molar-refractivity contribution is -0.367. The van der Waals surface area contributed by atoms with Crippen molar-refractivity contribution in [3.8, 4) is 0 Å². The first-order valence-corrected chi connectivity index (χ1v) is 16.7. The maximum Gasteiger partial charge on any atom is 0.500 e. The molecule has 0 aliphatic carbocycles. The van der Waals surface area contributed by atoms with Crippen LogP contribution < -0.4 is 0 Å². The molecule has 0 aliphatic rings. The van der Waals surface area contributed by atoms with Gasteiger partial charge in [-0.15, -0.1) is 0 Å². The second-order valence-corrected chi connectivity index (χ2v) is 13.7. The molecule has 0 spiro atoms. The van der Waals surface area contributed by atoms with E-state index in [1.165, 1.54) is 0 Å². The van der Waals surface area contributed by atoms with Gasteiger partial charge in [0.05, 0.1) is 0 Å². The molecule has 0 heterocycles. The molecular weight excluding hydrogens is 568 g/mol. The van der Waals surface area contributed by atoms with E-state index in [9.17, 15) is 35.1 Å². The van der Waals surface area contributed by atoms with Crippen molar-refractivity contribution < 1.29 is 61.7 Å². The van der Waals surface area contributed by atoms with Gasteiger partial charge in [0.2, 0.25) is 0 Å². The molecule has 16 heteroatoms. The predicted octanol–water partition coefficient (Wildman–Crippen LogP) is 7.18. The van der Waals surface area contributed by atoms with Gasteiger partial charge in [-0.05, 0) is 54.4 Å². The third-order valence-electron chi connectivity index (χ3n) is 5.45. The first-order chi connectivity index (χ1) is 17.5. The summed E-state index contributed by atoms with van der Waals surface area (Å²) in [5.74, 6) is -23.6. The number of rotatable bonds is 23. The third-order valence-corrected chi connectivity index (χ3v) is 11.7. The van der Waals surface area contributed by atoms with E-state index in [2.05, 4.69) is 0 Å². The lowest BCUT2D eigenvalue weighted by atomic mass is 9.93. The van der Waals surface area contributed by atoms with Crippen LogP contribution in [-0.2, 0) is 26.6 Å². The van der Waals surface area contributed by atoms with Crippen LogP contribution in [0.15, 0.2) is 0 Å². The summed E-state index contributed by atoms with van der Waals surface area (Å²) < 4.78 is 148. The molecule has 230 valence electrons. The van der Waals surface area contributed by atoms with E-state index in [1.54, 1.807) is 41.5 Å². The molecule has 0 saturated heterocycles. The van der Waals surface area contributed by atoms with E-state index in [0.717, 1.165) is 0 Å².